The molecule has 0 radical (unpaired) electrons. The average Bonchev–Trinajstić information content (AvgIpc) is 3.36. The number of carbonyl (C=O) groups is 1. The van der Waals surface area contributed by atoms with Gasteiger partial charge >= 0.3 is 5.97 Å². The van der Waals surface area contributed by atoms with Gasteiger partial charge in [-0.05, 0) is 70.3 Å². The molecule has 192 valence electrons. The number of allylic oxidation sites excluding steroid dienone is 7. The molecule has 0 amide bonds. The number of nitrogens with one attached hydrogen (secondary N) is 1. The first-order valence-electron chi connectivity index (χ1n) is 11.8. The van der Waals surface area contributed by atoms with Crippen LogP contribution in [-0.4, -0.2) is 23.5 Å². The molecule has 0 saturated carbocycles. The minimum absolute atomic E-state index is 0.227. The standard InChI is InChI=1S/C28H29N3O2S.C3H6/c1-6-9-10-21(7-2)11-12-22-17-25(34-19-22)18-30-20(4)26(8-3)27(29-5)31-24-15-13-23(14-16-24)28(32)33;1-3-2/h6-7,9-10,13-17,19,31H,2,5,8,18H2,1,3-4H3,(H,32,33);3H,1H2,2H3/b9-6-,21-10+,27-26+,30-20?;. The molecule has 0 bridgehead atoms. The van der Waals surface area contributed by atoms with Crippen LogP contribution in [0.2, 0.25) is 0 Å². The Labute approximate surface area is 225 Å². The minimum Gasteiger partial charge on any atom is -0.478 e. The van der Waals surface area contributed by atoms with Crippen molar-refractivity contribution in [1.29, 1.82) is 0 Å². The highest BCUT2D eigenvalue weighted by molar-refractivity contribution is 7.10. The highest BCUT2D eigenvalue weighted by Gasteiger charge is 2.09. The van der Waals surface area contributed by atoms with Crippen molar-refractivity contribution >= 4 is 35.4 Å². The summed E-state index contributed by atoms with van der Waals surface area (Å²) in [7, 11) is 0. The number of rotatable bonds is 10. The van der Waals surface area contributed by atoms with Crippen molar-refractivity contribution in [3.8, 4) is 11.8 Å². The van der Waals surface area contributed by atoms with Gasteiger partial charge in [0, 0.05) is 38.4 Å². The van der Waals surface area contributed by atoms with Crippen LogP contribution in [0.15, 0.2) is 106 Å². The summed E-state index contributed by atoms with van der Waals surface area (Å²) in [5.41, 5.74) is 4.59. The van der Waals surface area contributed by atoms with Crippen molar-refractivity contribution in [2.75, 3.05) is 5.32 Å². The molecule has 2 rings (SSSR count). The summed E-state index contributed by atoms with van der Waals surface area (Å²) in [6, 6.07) is 8.55. The van der Waals surface area contributed by atoms with Gasteiger partial charge in [-0.3, -0.25) is 4.99 Å². The Morgan fingerprint density at radius 2 is 1.89 bits per heavy atom. The predicted molar refractivity (Wildman–Crippen MR) is 161 cm³/mol. The van der Waals surface area contributed by atoms with Gasteiger partial charge in [-0.25, -0.2) is 9.79 Å². The number of hydrogen-bond donors (Lipinski definition) is 2. The van der Waals surface area contributed by atoms with E-state index in [1.807, 2.05) is 51.3 Å². The molecule has 0 spiro atoms. The van der Waals surface area contributed by atoms with E-state index in [4.69, 9.17) is 10.1 Å². The number of carboxylic acids is 1. The van der Waals surface area contributed by atoms with E-state index in [1.165, 1.54) is 0 Å². The van der Waals surface area contributed by atoms with Gasteiger partial charge in [-0.15, -0.1) is 17.9 Å². The van der Waals surface area contributed by atoms with Crippen LogP contribution in [0.5, 0.6) is 0 Å². The summed E-state index contributed by atoms with van der Waals surface area (Å²) >= 11 is 1.62. The van der Waals surface area contributed by atoms with Crippen molar-refractivity contribution in [3.05, 3.63) is 112 Å². The van der Waals surface area contributed by atoms with Crippen molar-refractivity contribution < 1.29 is 9.90 Å². The number of aromatic carboxylic acids is 1. The number of carboxylic acid groups (broad SMARTS) is 1. The summed E-state index contributed by atoms with van der Waals surface area (Å²) in [5, 5.41) is 14.3. The largest absolute Gasteiger partial charge is 0.478 e. The van der Waals surface area contributed by atoms with Crippen LogP contribution in [0.4, 0.5) is 5.69 Å². The second-order valence-electron chi connectivity index (χ2n) is 7.56. The molecule has 1 aromatic heterocycles. The summed E-state index contributed by atoms with van der Waals surface area (Å²) in [6.07, 6.45) is 10.0. The second kappa shape index (κ2) is 17.3. The third-order valence-corrected chi connectivity index (χ3v) is 5.72. The molecule has 37 heavy (non-hydrogen) atoms. The molecule has 0 atom stereocenters. The Balaban J connectivity index is 0.00000217. The number of benzene rings is 1. The molecule has 0 aliphatic heterocycles. The Hall–Kier alpha value is -4.21. The third kappa shape index (κ3) is 10.9. The van der Waals surface area contributed by atoms with Crippen LogP contribution in [0, 0.1) is 11.8 Å². The predicted octanol–water partition coefficient (Wildman–Crippen LogP) is 8.07. The van der Waals surface area contributed by atoms with Gasteiger partial charge < -0.3 is 10.4 Å². The van der Waals surface area contributed by atoms with Crippen LogP contribution in [0.3, 0.4) is 0 Å². The molecule has 0 aliphatic carbocycles. The maximum atomic E-state index is 11.1. The molecular weight excluding hydrogens is 478 g/mol. The average molecular weight is 514 g/mol. The van der Waals surface area contributed by atoms with Gasteiger partial charge in [0.1, 0.15) is 5.82 Å². The Bertz CT molecular complexity index is 1260. The van der Waals surface area contributed by atoms with E-state index in [1.54, 1.807) is 47.8 Å². The first kappa shape index (κ1) is 30.8. The molecule has 0 aliphatic rings. The van der Waals surface area contributed by atoms with Crippen LogP contribution in [0.1, 0.15) is 54.9 Å². The first-order chi connectivity index (χ1) is 17.8. The number of anilines is 1. The van der Waals surface area contributed by atoms with Crippen molar-refractivity contribution in [3.63, 3.8) is 0 Å². The monoisotopic (exact) mass is 513 g/mol. The second-order valence-corrected chi connectivity index (χ2v) is 8.56. The van der Waals surface area contributed by atoms with Gasteiger partial charge in [0.05, 0.1) is 12.1 Å². The summed E-state index contributed by atoms with van der Waals surface area (Å²) < 4.78 is 0. The molecule has 5 nitrogen and oxygen atoms in total. The smallest absolute Gasteiger partial charge is 0.335 e. The molecule has 0 unspecified atom stereocenters. The zero-order chi connectivity index (χ0) is 27.6. The first-order valence-corrected chi connectivity index (χ1v) is 12.6. The SMILES string of the molecule is C=C/C(C#Cc1csc(CN=C(C)/C(CC)=C(\N=C)Nc2ccc(C(=O)O)cc2)c1)=C\C=C/C.C=CC. The maximum Gasteiger partial charge on any atom is 0.335 e. The summed E-state index contributed by atoms with van der Waals surface area (Å²) in [6.45, 7) is 19.2. The lowest BCUT2D eigenvalue weighted by atomic mass is 10.1. The fourth-order valence-corrected chi connectivity index (χ4v) is 3.70. The fraction of sp³-hybridized carbons (Fsp3) is 0.194. The lowest BCUT2D eigenvalue weighted by molar-refractivity contribution is 0.0697. The lowest BCUT2D eigenvalue weighted by Gasteiger charge is -2.13. The lowest BCUT2D eigenvalue weighted by Crippen LogP contribution is -2.08. The van der Waals surface area contributed by atoms with E-state index in [-0.39, 0.29) is 5.56 Å². The molecular formula is C31H35N3O2S. The molecule has 2 N–H and O–H groups in total. The fourth-order valence-electron chi connectivity index (χ4n) is 2.96. The quantitative estimate of drug-likeness (QED) is 0.146. The van der Waals surface area contributed by atoms with E-state index >= 15 is 0 Å². The van der Waals surface area contributed by atoms with E-state index in [2.05, 4.69) is 48.1 Å². The minimum atomic E-state index is -0.963. The van der Waals surface area contributed by atoms with Crippen LogP contribution < -0.4 is 5.32 Å². The molecule has 6 heteroatoms. The number of thiophene rings is 1. The van der Waals surface area contributed by atoms with E-state index in [0.717, 1.165) is 33.0 Å². The van der Waals surface area contributed by atoms with Gasteiger partial charge in [0.2, 0.25) is 0 Å². The maximum absolute atomic E-state index is 11.1. The van der Waals surface area contributed by atoms with Gasteiger partial charge in [-0.2, -0.15) is 0 Å². The highest BCUT2D eigenvalue weighted by Crippen LogP contribution is 2.20. The van der Waals surface area contributed by atoms with Crippen molar-refractivity contribution in [2.45, 2.75) is 40.7 Å². The van der Waals surface area contributed by atoms with E-state index in [9.17, 15) is 4.79 Å². The van der Waals surface area contributed by atoms with Gasteiger partial charge in [0.15, 0.2) is 0 Å². The normalized spacial score (nSPS) is 11.9. The molecule has 1 heterocycles. The number of aliphatic imine (C=N–C) groups is 2. The summed E-state index contributed by atoms with van der Waals surface area (Å²) in [4.78, 5) is 21.1. The molecule has 1 aromatic carbocycles. The number of nitrogens with zero attached hydrogens (tertiary/aromatic N) is 2. The van der Waals surface area contributed by atoms with Gasteiger partial charge in [-0.1, -0.05) is 49.6 Å². The molecule has 2 aromatic rings. The van der Waals surface area contributed by atoms with Crippen molar-refractivity contribution in [1.82, 2.24) is 0 Å². The van der Waals surface area contributed by atoms with Crippen LogP contribution in [0.25, 0.3) is 0 Å². The van der Waals surface area contributed by atoms with Crippen LogP contribution >= 0.6 is 11.3 Å². The van der Waals surface area contributed by atoms with Crippen molar-refractivity contribution in [2.24, 2.45) is 9.98 Å². The number of hydrogen-bond acceptors (Lipinski definition) is 5. The summed E-state index contributed by atoms with van der Waals surface area (Å²) in [5.74, 6) is 5.94. The Morgan fingerprint density at radius 1 is 1.22 bits per heavy atom. The Morgan fingerprint density at radius 3 is 2.43 bits per heavy atom. The zero-order valence-corrected chi connectivity index (χ0v) is 22.9. The topological polar surface area (TPSA) is 74.0 Å². The third-order valence-electron chi connectivity index (χ3n) is 4.79. The zero-order valence-electron chi connectivity index (χ0n) is 22.0. The van der Waals surface area contributed by atoms with Gasteiger partial charge in [0.25, 0.3) is 0 Å². The van der Waals surface area contributed by atoms with E-state index < -0.39 is 5.97 Å². The highest BCUT2D eigenvalue weighted by atomic mass is 32.1. The van der Waals surface area contributed by atoms with E-state index in [0.29, 0.717) is 18.8 Å². The molecule has 0 fully saturated rings. The van der Waals surface area contributed by atoms with Crippen LogP contribution in [-0.2, 0) is 6.54 Å². The Kier molecular flexibility index (Phi) is 14.4. The molecule has 0 saturated heterocycles.